The van der Waals surface area contributed by atoms with E-state index < -0.39 is 0 Å². The Bertz CT molecular complexity index is 656. The van der Waals surface area contributed by atoms with Crippen LogP contribution in [0.1, 0.15) is 22.8 Å². The summed E-state index contributed by atoms with van der Waals surface area (Å²) in [6.45, 7) is 2.10. The molecule has 0 bridgehead atoms. The summed E-state index contributed by atoms with van der Waals surface area (Å²) in [6, 6.07) is 14.5. The molecule has 0 unspecified atom stereocenters. The number of hydrogen-bond donors (Lipinski definition) is 3. The van der Waals surface area contributed by atoms with Gasteiger partial charge in [-0.05, 0) is 60.6 Å². The van der Waals surface area contributed by atoms with Crippen molar-refractivity contribution in [2.75, 3.05) is 5.32 Å². The van der Waals surface area contributed by atoms with Crippen molar-refractivity contribution < 1.29 is 4.79 Å². The molecule has 0 aliphatic heterocycles. The first-order valence-electron chi connectivity index (χ1n) is 6.80. The number of hydrogen-bond acceptors (Lipinski definition) is 2. The standard InChI is InChI=1S/C16H16ClN3OS/c1-2-11-3-9-14(10-4-11)18-16(22)20-19-15(21)12-5-7-13(17)8-6-12/h3-10H,2H2,1H3,(H,19,21)(H2,18,20,22). The van der Waals surface area contributed by atoms with Gasteiger partial charge >= 0.3 is 0 Å². The molecular weight excluding hydrogens is 318 g/mol. The van der Waals surface area contributed by atoms with Crippen molar-refractivity contribution in [3.05, 3.63) is 64.7 Å². The van der Waals surface area contributed by atoms with Gasteiger partial charge in [0.05, 0.1) is 0 Å². The highest BCUT2D eigenvalue weighted by molar-refractivity contribution is 7.80. The van der Waals surface area contributed by atoms with Crippen LogP contribution in [0.5, 0.6) is 0 Å². The predicted octanol–water partition coefficient (Wildman–Crippen LogP) is 3.53. The van der Waals surface area contributed by atoms with Crippen LogP contribution < -0.4 is 16.2 Å². The van der Waals surface area contributed by atoms with Gasteiger partial charge in [-0.25, -0.2) is 0 Å². The van der Waals surface area contributed by atoms with E-state index in [1.807, 2.05) is 24.3 Å². The van der Waals surface area contributed by atoms with E-state index in [1.165, 1.54) is 5.56 Å². The van der Waals surface area contributed by atoms with Gasteiger partial charge in [0.15, 0.2) is 5.11 Å². The van der Waals surface area contributed by atoms with E-state index in [9.17, 15) is 4.79 Å². The Balaban J connectivity index is 1.84. The van der Waals surface area contributed by atoms with Gasteiger partial charge in [0.2, 0.25) is 0 Å². The van der Waals surface area contributed by atoms with E-state index >= 15 is 0 Å². The van der Waals surface area contributed by atoms with Gasteiger partial charge in [0.25, 0.3) is 5.91 Å². The van der Waals surface area contributed by atoms with Crippen LogP contribution in [-0.4, -0.2) is 11.0 Å². The average Bonchev–Trinajstić information content (AvgIpc) is 2.54. The lowest BCUT2D eigenvalue weighted by Gasteiger charge is -2.12. The zero-order chi connectivity index (χ0) is 15.9. The minimum Gasteiger partial charge on any atom is -0.331 e. The van der Waals surface area contributed by atoms with Crippen LogP contribution in [0.25, 0.3) is 0 Å². The normalized spacial score (nSPS) is 9.91. The smallest absolute Gasteiger partial charge is 0.269 e. The Morgan fingerprint density at radius 1 is 1.05 bits per heavy atom. The van der Waals surface area contributed by atoms with Crippen molar-refractivity contribution in [1.82, 2.24) is 10.9 Å². The molecule has 0 radical (unpaired) electrons. The van der Waals surface area contributed by atoms with Crippen LogP contribution in [0.3, 0.4) is 0 Å². The van der Waals surface area contributed by atoms with E-state index in [4.69, 9.17) is 23.8 Å². The number of nitrogens with one attached hydrogen (secondary N) is 3. The van der Waals surface area contributed by atoms with Crippen molar-refractivity contribution in [3.63, 3.8) is 0 Å². The summed E-state index contributed by atoms with van der Waals surface area (Å²) in [5.74, 6) is -0.290. The van der Waals surface area contributed by atoms with E-state index in [1.54, 1.807) is 24.3 Å². The van der Waals surface area contributed by atoms with Crippen LogP contribution >= 0.6 is 23.8 Å². The molecule has 0 aliphatic carbocycles. The first-order valence-corrected chi connectivity index (χ1v) is 7.59. The van der Waals surface area contributed by atoms with E-state index in [0.717, 1.165) is 12.1 Å². The fraction of sp³-hybridized carbons (Fsp3) is 0.125. The van der Waals surface area contributed by atoms with Gasteiger partial charge in [-0.1, -0.05) is 30.7 Å². The highest BCUT2D eigenvalue weighted by Gasteiger charge is 2.05. The quantitative estimate of drug-likeness (QED) is 0.594. The predicted molar refractivity (Wildman–Crippen MR) is 94.1 cm³/mol. The maximum atomic E-state index is 11.9. The second-order valence-corrected chi connectivity index (χ2v) is 5.44. The molecule has 0 aromatic heterocycles. The Hall–Kier alpha value is -2.11. The fourth-order valence-corrected chi connectivity index (χ4v) is 2.07. The summed E-state index contributed by atoms with van der Waals surface area (Å²) in [4.78, 5) is 11.9. The number of carbonyl (C=O) groups is 1. The number of carbonyl (C=O) groups excluding carboxylic acids is 1. The second-order valence-electron chi connectivity index (χ2n) is 4.59. The topological polar surface area (TPSA) is 53.2 Å². The van der Waals surface area contributed by atoms with Gasteiger partial charge in [-0.3, -0.25) is 15.6 Å². The highest BCUT2D eigenvalue weighted by atomic mass is 35.5. The van der Waals surface area contributed by atoms with Crippen LogP contribution in [0, 0.1) is 0 Å². The summed E-state index contributed by atoms with van der Waals surface area (Å²) >= 11 is 10.9. The Morgan fingerprint density at radius 3 is 2.27 bits per heavy atom. The van der Waals surface area contributed by atoms with Crippen molar-refractivity contribution in [2.24, 2.45) is 0 Å². The molecular formula is C16H16ClN3OS. The molecule has 0 atom stereocenters. The summed E-state index contributed by atoms with van der Waals surface area (Å²) in [5.41, 5.74) is 7.79. The molecule has 0 aliphatic rings. The molecule has 2 aromatic carbocycles. The van der Waals surface area contributed by atoms with Gasteiger partial charge in [0, 0.05) is 16.3 Å². The van der Waals surface area contributed by atoms with Gasteiger partial charge in [-0.15, -0.1) is 0 Å². The van der Waals surface area contributed by atoms with Crippen molar-refractivity contribution in [2.45, 2.75) is 13.3 Å². The third-order valence-corrected chi connectivity index (χ3v) is 3.47. The monoisotopic (exact) mass is 333 g/mol. The molecule has 22 heavy (non-hydrogen) atoms. The Labute approximate surface area is 139 Å². The third kappa shape index (κ3) is 4.72. The molecule has 3 N–H and O–H groups in total. The van der Waals surface area contributed by atoms with Crippen LogP contribution in [0.15, 0.2) is 48.5 Å². The Kier molecular flexibility index (Phi) is 5.75. The van der Waals surface area contributed by atoms with Crippen LogP contribution in [0.4, 0.5) is 5.69 Å². The first kappa shape index (κ1) is 16.3. The van der Waals surface area contributed by atoms with Crippen molar-refractivity contribution in [1.29, 1.82) is 0 Å². The van der Waals surface area contributed by atoms with E-state index in [2.05, 4.69) is 23.1 Å². The summed E-state index contributed by atoms with van der Waals surface area (Å²) in [5, 5.41) is 3.89. The molecule has 114 valence electrons. The largest absolute Gasteiger partial charge is 0.331 e. The van der Waals surface area contributed by atoms with Crippen molar-refractivity contribution in [3.8, 4) is 0 Å². The molecule has 0 fully saturated rings. The summed E-state index contributed by atoms with van der Waals surface area (Å²) < 4.78 is 0. The molecule has 0 saturated carbocycles. The number of hydrazine groups is 1. The minimum absolute atomic E-state index is 0.290. The lowest BCUT2D eigenvalue weighted by Crippen LogP contribution is -2.43. The van der Waals surface area contributed by atoms with Gasteiger partial charge in [-0.2, -0.15) is 0 Å². The molecule has 2 rings (SSSR count). The van der Waals surface area contributed by atoms with Crippen molar-refractivity contribution >= 4 is 40.5 Å². The van der Waals surface area contributed by atoms with E-state index in [0.29, 0.717) is 15.7 Å². The highest BCUT2D eigenvalue weighted by Crippen LogP contribution is 2.10. The number of amides is 1. The second kappa shape index (κ2) is 7.77. The van der Waals surface area contributed by atoms with Gasteiger partial charge < -0.3 is 5.32 Å². The maximum absolute atomic E-state index is 11.9. The summed E-state index contributed by atoms with van der Waals surface area (Å²) in [7, 11) is 0. The lowest BCUT2D eigenvalue weighted by atomic mass is 10.1. The molecule has 0 spiro atoms. The number of halogens is 1. The number of aryl methyl sites for hydroxylation is 1. The summed E-state index contributed by atoms with van der Waals surface area (Å²) in [6.07, 6.45) is 0.986. The Morgan fingerprint density at radius 2 is 1.68 bits per heavy atom. The molecule has 0 saturated heterocycles. The number of thiocarbonyl (C=S) groups is 1. The van der Waals surface area contributed by atoms with Crippen LogP contribution in [0.2, 0.25) is 5.02 Å². The maximum Gasteiger partial charge on any atom is 0.269 e. The fourth-order valence-electron chi connectivity index (χ4n) is 1.77. The number of anilines is 1. The van der Waals surface area contributed by atoms with E-state index in [-0.39, 0.29) is 5.91 Å². The molecule has 0 heterocycles. The zero-order valence-corrected chi connectivity index (χ0v) is 13.6. The number of rotatable bonds is 3. The van der Waals surface area contributed by atoms with Gasteiger partial charge in [0.1, 0.15) is 0 Å². The minimum atomic E-state index is -0.290. The molecule has 2 aromatic rings. The first-order chi connectivity index (χ1) is 10.6. The third-order valence-electron chi connectivity index (χ3n) is 3.02. The zero-order valence-electron chi connectivity index (χ0n) is 12.0. The van der Waals surface area contributed by atoms with Crippen LogP contribution in [-0.2, 0) is 6.42 Å². The SMILES string of the molecule is CCc1ccc(NC(=S)NNC(=O)c2ccc(Cl)cc2)cc1. The molecule has 6 heteroatoms. The molecule has 4 nitrogen and oxygen atoms in total. The average molecular weight is 334 g/mol. The number of benzene rings is 2. The lowest BCUT2D eigenvalue weighted by molar-refractivity contribution is 0.0944. The molecule has 1 amide bonds.